The first-order valence-corrected chi connectivity index (χ1v) is 5.40. The van der Waals surface area contributed by atoms with Gasteiger partial charge in [0.1, 0.15) is 5.60 Å². The third kappa shape index (κ3) is 5.13. The monoisotopic (exact) mass is 281 g/mol. The van der Waals surface area contributed by atoms with Crippen LogP contribution in [-0.2, 0) is 14.3 Å². The molecule has 3 N–H and O–H groups in total. The van der Waals surface area contributed by atoms with Crippen molar-refractivity contribution in [2.45, 2.75) is 31.2 Å². The molecule has 0 aromatic rings. The van der Waals surface area contributed by atoms with E-state index in [0.29, 0.717) is 0 Å². The van der Waals surface area contributed by atoms with Gasteiger partial charge < -0.3 is 15.6 Å². The van der Waals surface area contributed by atoms with E-state index in [-0.39, 0.29) is 6.54 Å². The van der Waals surface area contributed by atoms with E-state index < -0.39 is 28.3 Å². The van der Waals surface area contributed by atoms with Crippen molar-refractivity contribution in [3.63, 3.8) is 0 Å². The summed E-state index contributed by atoms with van der Waals surface area (Å²) in [6, 6.07) is 0. The third-order valence-corrected chi connectivity index (χ3v) is 2.42. The summed E-state index contributed by atoms with van der Waals surface area (Å²) >= 11 is 3.05. The van der Waals surface area contributed by atoms with Crippen LogP contribution in [0.3, 0.4) is 0 Å². The molecule has 2 atom stereocenters. The molecule has 6 heteroatoms. The van der Waals surface area contributed by atoms with Crippen molar-refractivity contribution in [2.75, 3.05) is 6.54 Å². The lowest BCUT2D eigenvalue weighted by Gasteiger charge is -2.23. The molecule has 1 unspecified atom stereocenters. The molecule has 0 amide bonds. The van der Waals surface area contributed by atoms with Gasteiger partial charge in [0.05, 0.1) is 4.83 Å². The molecule has 5 nitrogen and oxygen atoms in total. The minimum absolute atomic E-state index is 0.0518. The van der Waals surface area contributed by atoms with Crippen molar-refractivity contribution in [3.05, 3.63) is 0 Å². The molecule has 0 heterocycles. The van der Waals surface area contributed by atoms with Gasteiger partial charge in [0, 0.05) is 6.54 Å². The first-order chi connectivity index (χ1) is 6.69. The first-order valence-electron chi connectivity index (χ1n) is 4.49. The van der Waals surface area contributed by atoms with Gasteiger partial charge in [-0.05, 0) is 20.8 Å². The van der Waals surface area contributed by atoms with Crippen molar-refractivity contribution in [3.8, 4) is 0 Å². The fourth-order valence-electron chi connectivity index (χ4n) is 0.905. The highest BCUT2D eigenvalue weighted by Crippen LogP contribution is 2.18. The molecule has 0 aromatic heterocycles. The quantitative estimate of drug-likeness (QED) is 0.451. The predicted octanol–water partition coefficient (Wildman–Crippen LogP) is 0.751. The second kappa shape index (κ2) is 5.46. The normalized spacial score (nSPS) is 15.5. The van der Waals surface area contributed by atoms with Crippen LogP contribution in [0.4, 0.5) is 0 Å². The first kappa shape index (κ1) is 14.4. The topological polar surface area (TPSA) is 89.6 Å². The van der Waals surface area contributed by atoms with E-state index in [2.05, 4.69) is 15.9 Å². The molecule has 0 aliphatic heterocycles. The van der Waals surface area contributed by atoms with Crippen LogP contribution in [0.5, 0.6) is 0 Å². The summed E-state index contributed by atoms with van der Waals surface area (Å²) in [7, 11) is 0. The summed E-state index contributed by atoms with van der Waals surface area (Å²) in [5.74, 6) is -3.28. The Morgan fingerprint density at radius 3 is 2.20 bits per heavy atom. The summed E-state index contributed by atoms with van der Waals surface area (Å²) < 4.78 is 4.98. The van der Waals surface area contributed by atoms with Gasteiger partial charge in [0.15, 0.2) is 5.92 Å². The molecule has 0 saturated heterocycles. The number of esters is 1. The molecule has 0 saturated carbocycles. The highest BCUT2D eigenvalue weighted by molar-refractivity contribution is 9.09. The smallest absolute Gasteiger partial charge is 0.322 e. The minimum Gasteiger partial charge on any atom is -0.481 e. The molecule has 0 aliphatic rings. The van der Waals surface area contributed by atoms with Crippen molar-refractivity contribution < 1.29 is 19.4 Å². The number of rotatable bonds is 4. The summed E-state index contributed by atoms with van der Waals surface area (Å²) in [5, 5.41) is 8.86. The minimum atomic E-state index is -1.27. The SMILES string of the molecule is CC(C)(C)OC(=O)[C@H](C(=O)O)C(Br)CN. The van der Waals surface area contributed by atoms with Gasteiger partial charge in [0.2, 0.25) is 0 Å². The van der Waals surface area contributed by atoms with Crippen LogP contribution in [0.2, 0.25) is 0 Å². The Kier molecular flexibility index (Phi) is 5.23. The molecular formula is C9H16BrNO4. The summed E-state index contributed by atoms with van der Waals surface area (Å²) in [6.07, 6.45) is 0. The van der Waals surface area contributed by atoms with E-state index in [0.717, 1.165) is 0 Å². The van der Waals surface area contributed by atoms with Crippen LogP contribution in [0.1, 0.15) is 20.8 Å². The predicted molar refractivity (Wildman–Crippen MR) is 58.7 cm³/mol. The third-order valence-electron chi connectivity index (χ3n) is 1.51. The molecular weight excluding hydrogens is 266 g/mol. The van der Waals surface area contributed by atoms with Crippen LogP contribution < -0.4 is 5.73 Å². The van der Waals surface area contributed by atoms with Crippen LogP contribution in [0.25, 0.3) is 0 Å². The zero-order valence-corrected chi connectivity index (χ0v) is 10.6. The lowest BCUT2D eigenvalue weighted by molar-refractivity contribution is -0.166. The van der Waals surface area contributed by atoms with Crippen molar-refractivity contribution >= 4 is 27.9 Å². The number of hydrogen-bond acceptors (Lipinski definition) is 4. The van der Waals surface area contributed by atoms with Gasteiger partial charge in [0.25, 0.3) is 0 Å². The average molecular weight is 282 g/mol. The highest BCUT2D eigenvalue weighted by atomic mass is 79.9. The van der Waals surface area contributed by atoms with E-state index >= 15 is 0 Å². The molecule has 0 spiro atoms. The maximum Gasteiger partial charge on any atom is 0.322 e. The fourth-order valence-corrected chi connectivity index (χ4v) is 1.35. The number of carboxylic acids is 1. The number of carbonyl (C=O) groups is 2. The Hall–Kier alpha value is -0.620. The van der Waals surface area contributed by atoms with Gasteiger partial charge in [-0.2, -0.15) is 0 Å². The van der Waals surface area contributed by atoms with Gasteiger partial charge in [-0.15, -0.1) is 0 Å². The number of alkyl halides is 1. The number of halogens is 1. The standard InChI is InChI=1S/C9H16BrNO4/c1-9(2,3)15-8(14)6(7(12)13)5(10)4-11/h5-6H,4,11H2,1-3H3,(H,12,13)/t5?,6-/m0/s1. The van der Waals surface area contributed by atoms with Gasteiger partial charge in [-0.25, -0.2) is 0 Å². The van der Waals surface area contributed by atoms with E-state index in [9.17, 15) is 9.59 Å². The number of nitrogens with two attached hydrogens (primary N) is 1. The highest BCUT2D eigenvalue weighted by Gasteiger charge is 2.36. The van der Waals surface area contributed by atoms with E-state index in [1.54, 1.807) is 20.8 Å². The Balaban J connectivity index is 4.65. The molecule has 88 valence electrons. The van der Waals surface area contributed by atoms with Crippen LogP contribution >= 0.6 is 15.9 Å². The lowest BCUT2D eigenvalue weighted by Crippen LogP contribution is -2.40. The second-order valence-corrected chi connectivity index (χ2v) is 5.28. The van der Waals surface area contributed by atoms with E-state index in [4.69, 9.17) is 15.6 Å². The van der Waals surface area contributed by atoms with Gasteiger partial charge in [-0.1, -0.05) is 15.9 Å². The molecule has 0 aromatic carbocycles. The summed E-state index contributed by atoms with van der Waals surface area (Å²) in [4.78, 5) is 21.7. The Morgan fingerprint density at radius 2 is 1.93 bits per heavy atom. The largest absolute Gasteiger partial charge is 0.481 e. The fraction of sp³-hybridized carbons (Fsp3) is 0.778. The van der Waals surface area contributed by atoms with Crippen molar-refractivity contribution in [1.82, 2.24) is 0 Å². The zero-order valence-electron chi connectivity index (χ0n) is 8.99. The molecule has 0 fully saturated rings. The van der Waals surface area contributed by atoms with E-state index in [1.165, 1.54) is 0 Å². The van der Waals surface area contributed by atoms with Gasteiger partial charge in [-0.3, -0.25) is 9.59 Å². The van der Waals surface area contributed by atoms with E-state index in [1.807, 2.05) is 0 Å². The average Bonchev–Trinajstić information content (AvgIpc) is 1.99. The number of hydrogen-bond donors (Lipinski definition) is 2. The maximum absolute atomic E-state index is 11.5. The Bertz CT molecular complexity index is 249. The van der Waals surface area contributed by atoms with Crippen LogP contribution in [-0.4, -0.2) is 34.0 Å². The summed E-state index contributed by atoms with van der Waals surface area (Å²) in [5.41, 5.74) is 4.59. The Labute approximate surface area is 97.1 Å². The maximum atomic E-state index is 11.5. The molecule has 0 bridgehead atoms. The molecule has 15 heavy (non-hydrogen) atoms. The summed E-state index contributed by atoms with van der Waals surface area (Å²) in [6.45, 7) is 5.08. The zero-order chi connectivity index (χ0) is 12.2. The second-order valence-electron chi connectivity index (χ2n) is 4.10. The number of aliphatic carboxylic acids is 1. The molecule has 0 rings (SSSR count). The molecule has 0 aliphatic carbocycles. The van der Waals surface area contributed by atoms with Crippen LogP contribution in [0, 0.1) is 5.92 Å². The van der Waals surface area contributed by atoms with Gasteiger partial charge >= 0.3 is 11.9 Å². The molecule has 0 radical (unpaired) electrons. The Morgan fingerprint density at radius 1 is 1.47 bits per heavy atom. The number of carbonyl (C=O) groups excluding carboxylic acids is 1. The number of ether oxygens (including phenoxy) is 1. The van der Waals surface area contributed by atoms with Crippen LogP contribution in [0.15, 0.2) is 0 Å². The lowest BCUT2D eigenvalue weighted by atomic mass is 10.1. The van der Waals surface area contributed by atoms with Crippen molar-refractivity contribution in [1.29, 1.82) is 0 Å². The van der Waals surface area contributed by atoms with Crippen molar-refractivity contribution in [2.24, 2.45) is 11.7 Å². The number of carboxylic acid groups (broad SMARTS) is 1.